The van der Waals surface area contributed by atoms with Gasteiger partial charge in [0.2, 0.25) is 10.0 Å². The Balaban J connectivity index is 1.23. The van der Waals surface area contributed by atoms with Crippen molar-refractivity contribution in [2.24, 2.45) is 5.73 Å². The van der Waals surface area contributed by atoms with Crippen molar-refractivity contribution in [2.75, 3.05) is 6.61 Å². The van der Waals surface area contributed by atoms with Gasteiger partial charge >= 0.3 is 11.9 Å². The Morgan fingerprint density at radius 3 is 2.36 bits per heavy atom. The van der Waals surface area contributed by atoms with E-state index in [1.165, 1.54) is 24.3 Å². The molecule has 186 valence electrons. The molecule has 4 aromatic rings. The van der Waals surface area contributed by atoms with Crippen LogP contribution in [0.4, 0.5) is 0 Å². The number of nitrogens with two attached hydrogens (primary N) is 1. The van der Waals surface area contributed by atoms with Gasteiger partial charge in [-0.15, -0.1) is 0 Å². The highest BCUT2D eigenvalue weighted by Crippen LogP contribution is 2.17. The van der Waals surface area contributed by atoms with Gasteiger partial charge in [-0.3, -0.25) is 4.79 Å². The Labute approximate surface area is 208 Å². The van der Waals surface area contributed by atoms with E-state index in [1.54, 1.807) is 30.3 Å². The smallest absolute Gasteiger partial charge is 0.345 e. The van der Waals surface area contributed by atoms with Crippen molar-refractivity contribution >= 4 is 32.9 Å². The lowest BCUT2D eigenvalue weighted by molar-refractivity contribution is -0.138. The number of aromatic amines is 1. The summed E-state index contributed by atoms with van der Waals surface area (Å²) < 4.78 is 37.3. The highest BCUT2D eigenvalue weighted by atomic mass is 32.2. The number of hydrogen-bond donors (Lipinski definition) is 3. The van der Waals surface area contributed by atoms with Crippen LogP contribution in [0, 0.1) is 0 Å². The van der Waals surface area contributed by atoms with E-state index in [2.05, 4.69) is 15.8 Å². The Morgan fingerprint density at radius 2 is 1.64 bits per heavy atom. The first-order valence-electron chi connectivity index (χ1n) is 11.2. The van der Waals surface area contributed by atoms with Gasteiger partial charge in [0.1, 0.15) is 5.75 Å². The molecular weight excluding hydrogens is 482 g/mol. The summed E-state index contributed by atoms with van der Waals surface area (Å²) in [5.74, 6) is -1.27. The van der Waals surface area contributed by atoms with E-state index >= 15 is 0 Å². The molecule has 3 aromatic carbocycles. The molecule has 0 fully saturated rings. The van der Waals surface area contributed by atoms with Crippen LogP contribution in [0.15, 0.2) is 89.8 Å². The second kappa shape index (κ2) is 11.2. The van der Waals surface area contributed by atoms with E-state index in [4.69, 9.17) is 15.2 Å². The van der Waals surface area contributed by atoms with Crippen molar-refractivity contribution in [1.29, 1.82) is 0 Å². The molecule has 0 aliphatic heterocycles. The maximum absolute atomic E-state index is 12.3. The van der Waals surface area contributed by atoms with Crippen LogP contribution in [-0.4, -0.2) is 38.1 Å². The molecule has 0 amide bonds. The highest BCUT2D eigenvalue weighted by Gasteiger charge is 2.21. The van der Waals surface area contributed by atoms with Gasteiger partial charge in [-0.1, -0.05) is 36.4 Å². The Hall–Kier alpha value is -3.99. The number of esters is 2. The summed E-state index contributed by atoms with van der Waals surface area (Å²) in [6, 6.07) is 23.8. The van der Waals surface area contributed by atoms with Crippen LogP contribution in [-0.2, 0) is 26.0 Å². The van der Waals surface area contributed by atoms with E-state index in [-0.39, 0.29) is 10.5 Å². The number of nitrogens with one attached hydrogen (secondary N) is 2. The largest absolute Gasteiger partial charge is 0.493 e. The van der Waals surface area contributed by atoms with Crippen LogP contribution >= 0.6 is 0 Å². The molecule has 0 aliphatic rings. The number of fused-ring (bicyclic) bond motifs is 1. The van der Waals surface area contributed by atoms with E-state index in [9.17, 15) is 18.0 Å². The number of hydrogen-bond acceptors (Lipinski definition) is 7. The molecule has 0 unspecified atom stereocenters. The summed E-state index contributed by atoms with van der Waals surface area (Å²) in [4.78, 5) is 27.7. The molecule has 9 nitrogen and oxygen atoms in total. The fourth-order valence-corrected chi connectivity index (χ4v) is 4.66. The molecular formula is C26H25N3O6S. The zero-order valence-corrected chi connectivity index (χ0v) is 20.0. The highest BCUT2D eigenvalue weighted by molar-refractivity contribution is 7.89. The van der Waals surface area contributed by atoms with Gasteiger partial charge in [0.05, 0.1) is 29.7 Å². The first-order chi connectivity index (χ1) is 17.3. The molecule has 4 N–H and O–H groups in total. The topological polar surface area (TPSA) is 141 Å². The number of benzene rings is 3. The van der Waals surface area contributed by atoms with Crippen LogP contribution in [0.25, 0.3) is 10.9 Å². The number of para-hydroxylation sites is 1. The van der Waals surface area contributed by atoms with Crippen molar-refractivity contribution in [3.63, 3.8) is 0 Å². The lowest BCUT2D eigenvalue weighted by Gasteiger charge is -2.13. The maximum atomic E-state index is 12.3. The minimum absolute atomic E-state index is 0.00790. The standard InChI is InChI=1S/C26H25N3O6S/c27-24(29-36(32,33)22-7-2-1-3-8-22)17-25(30)35-26(31)18-10-12-21(13-11-18)34-15-14-20-16-19-6-4-5-9-23(19)28-20/h1-13,16,24,28-29H,14-15,17,27H2/t24-/m0/s1. The minimum atomic E-state index is -3.91. The van der Waals surface area contributed by atoms with Gasteiger partial charge in [0.15, 0.2) is 0 Å². The third-order valence-corrected chi connectivity index (χ3v) is 6.77. The monoisotopic (exact) mass is 507 g/mol. The summed E-state index contributed by atoms with van der Waals surface area (Å²) in [6.07, 6.45) is -1.10. The average Bonchev–Trinajstić information content (AvgIpc) is 3.27. The Morgan fingerprint density at radius 1 is 0.944 bits per heavy atom. The summed E-state index contributed by atoms with van der Waals surface area (Å²) in [6.45, 7) is 0.436. The first kappa shape index (κ1) is 25.1. The predicted molar refractivity (Wildman–Crippen MR) is 134 cm³/mol. The van der Waals surface area contributed by atoms with Crippen LogP contribution in [0.3, 0.4) is 0 Å². The SMILES string of the molecule is N[C@H](CC(=O)OC(=O)c1ccc(OCCc2cc3ccccc3[nH]2)cc1)NS(=O)(=O)c1ccccc1. The van der Waals surface area contributed by atoms with Gasteiger partial charge in [-0.2, -0.15) is 4.72 Å². The third-order valence-electron chi connectivity index (χ3n) is 5.27. The Kier molecular flexibility index (Phi) is 7.79. The van der Waals surface area contributed by atoms with Gasteiger partial charge < -0.3 is 20.2 Å². The number of rotatable bonds is 10. The molecule has 1 heterocycles. The Bertz CT molecular complexity index is 1420. The van der Waals surface area contributed by atoms with Crippen molar-refractivity contribution < 1.29 is 27.5 Å². The van der Waals surface area contributed by atoms with Crippen LogP contribution < -0.4 is 15.2 Å². The van der Waals surface area contributed by atoms with Gasteiger partial charge in [0, 0.05) is 17.6 Å². The number of H-pyrrole nitrogens is 1. The molecule has 10 heteroatoms. The normalized spacial score (nSPS) is 12.2. The first-order valence-corrected chi connectivity index (χ1v) is 12.7. The number of aromatic nitrogens is 1. The van der Waals surface area contributed by atoms with Gasteiger partial charge in [0.25, 0.3) is 0 Å². The number of ether oxygens (including phenoxy) is 2. The fraction of sp³-hybridized carbons (Fsp3) is 0.154. The molecule has 0 bridgehead atoms. The molecule has 0 radical (unpaired) electrons. The van der Waals surface area contributed by atoms with Crippen LogP contribution in [0.2, 0.25) is 0 Å². The summed E-state index contributed by atoms with van der Waals surface area (Å²) in [7, 11) is -3.91. The zero-order valence-electron chi connectivity index (χ0n) is 19.2. The minimum Gasteiger partial charge on any atom is -0.493 e. The fourth-order valence-electron chi connectivity index (χ4n) is 3.53. The van der Waals surface area contributed by atoms with E-state index in [0.29, 0.717) is 18.8 Å². The number of sulfonamides is 1. The zero-order chi connectivity index (χ0) is 25.5. The third kappa shape index (κ3) is 6.57. The lowest BCUT2D eigenvalue weighted by atomic mass is 10.2. The van der Waals surface area contributed by atoms with E-state index < -0.39 is 34.5 Å². The van der Waals surface area contributed by atoms with E-state index in [1.807, 2.05) is 24.3 Å². The van der Waals surface area contributed by atoms with Gasteiger partial charge in [-0.05, 0) is 53.9 Å². The molecule has 0 aliphatic carbocycles. The molecule has 36 heavy (non-hydrogen) atoms. The average molecular weight is 508 g/mol. The molecule has 0 saturated carbocycles. The maximum Gasteiger partial charge on any atom is 0.345 e. The molecule has 4 rings (SSSR count). The van der Waals surface area contributed by atoms with Crippen molar-refractivity contribution in [2.45, 2.75) is 23.9 Å². The predicted octanol–water partition coefficient (Wildman–Crippen LogP) is 3.13. The summed E-state index contributed by atoms with van der Waals surface area (Å²) >= 11 is 0. The lowest BCUT2D eigenvalue weighted by Crippen LogP contribution is -2.43. The van der Waals surface area contributed by atoms with Crippen molar-refractivity contribution in [1.82, 2.24) is 9.71 Å². The van der Waals surface area contributed by atoms with Crippen LogP contribution in [0.5, 0.6) is 5.75 Å². The molecule has 0 spiro atoms. The second-order valence-corrected chi connectivity index (χ2v) is 9.73. The summed E-state index contributed by atoms with van der Waals surface area (Å²) in [5, 5.41) is 1.14. The summed E-state index contributed by atoms with van der Waals surface area (Å²) in [5.41, 5.74) is 7.99. The quantitative estimate of drug-likeness (QED) is 0.170. The molecule has 0 saturated heterocycles. The van der Waals surface area contributed by atoms with Gasteiger partial charge in [-0.25, -0.2) is 13.2 Å². The second-order valence-electron chi connectivity index (χ2n) is 8.01. The van der Waals surface area contributed by atoms with E-state index in [0.717, 1.165) is 16.6 Å². The molecule has 1 atom stereocenters. The van der Waals surface area contributed by atoms with Crippen molar-refractivity contribution in [3.05, 3.63) is 96.2 Å². The number of carbonyl (C=O) groups is 2. The van der Waals surface area contributed by atoms with Crippen molar-refractivity contribution in [3.8, 4) is 5.75 Å². The molecule has 1 aromatic heterocycles. The van der Waals surface area contributed by atoms with Crippen LogP contribution in [0.1, 0.15) is 22.5 Å². The number of carbonyl (C=O) groups excluding carboxylic acids is 2.